The van der Waals surface area contributed by atoms with Crippen molar-refractivity contribution < 1.29 is 9.90 Å². The Morgan fingerprint density at radius 1 is 1.04 bits per heavy atom. The SMILES string of the molecule is O=C(CN1CCC(O)(c2ccccc2)CC1)c1ccccc1Cl. The lowest BCUT2D eigenvalue weighted by Crippen LogP contribution is -2.44. The van der Waals surface area contributed by atoms with Crippen molar-refractivity contribution in [1.82, 2.24) is 4.90 Å². The van der Waals surface area contributed by atoms with E-state index < -0.39 is 5.60 Å². The van der Waals surface area contributed by atoms with Gasteiger partial charge in [-0.3, -0.25) is 9.69 Å². The fourth-order valence-electron chi connectivity index (χ4n) is 3.09. The molecular weight excluding hydrogens is 310 g/mol. The van der Waals surface area contributed by atoms with Gasteiger partial charge in [0.05, 0.1) is 17.2 Å². The number of piperidine rings is 1. The van der Waals surface area contributed by atoms with Gasteiger partial charge >= 0.3 is 0 Å². The number of ketones is 1. The van der Waals surface area contributed by atoms with Crippen molar-refractivity contribution in [3.8, 4) is 0 Å². The molecule has 0 unspecified atom stereocenters. The molecule has 0 amide bonds. The van der Waals surface area contributed by atoms with Crippen LogP contribution in [-0.4, -0.2) is 35.4 Å². The van der Waals surface area contributed by atoms with Crippen molar-refractivity contribution in [2.24, 2.45) is 0 Å². The van der Waals surface area contributed by atoms with Crippen molar-refractivity contribution in [2.75, 3.05) is 19.6 Å². The number of benzene rings is 2. The smallest absolute Gasteiger partial charge is 0.178 e. The second kappa shape index (κ2) is 6.83. The number of Topliss-reactive ketones (excluding diaryl/α,β-unsaturated/α-hetero) is 1. The normalized spacial score (nSPS) is 17.8. The van der Waals surface area contributed by atoms with Gasteiger partial charge in [0.15, 0.2) is 5.78 Å². The van der Waals surface area contributed by atoms with Gasteiger partial charge in [-0.1, -0.05) is 54.1 Å². The first-order valence-electron chi connectivity index (χ1n) is 7.86. The standard InChI is InChI=1S/C19H20ClNO2/c20-17-9-5-4-8-16(17)18(22)14-21-12-10-19(23,11-13-21)15-6-2-1-3-7-15/h1-9,23H,10-14H2. The van der Waals surface area contributed by atoms with E-state index in [2.05, 4.69) is 4.90 Å². The molecule has 2 aromatic carbocycles. The molecule has 1 fully saturated rings. The molecule has 0 aliphatic carbocycles. The first-order valence-corrected chi connectivity index (χ1v) is 8.24. The number of hydrogen-bond acceptors (Lipinski definition) is 3. The average Bonchev–Trinajstić information content (AvgIpc) is 2.58. The molecule has 1 saturated heterocycles. The van der Waals surface area contributed by atoms with Crippen molar-refractivity contribution in [3.05, 3.63) is 70.7 Å². The van der Waals surface area contributed by atoms with E-state index >= 15 is 0 Å². The van der Waals surface area contributed by atoms with Crippen LogP contribution in [0.2, 0.25) is 5.02 Å². The predicted molar refractivity (Wildman–Crippen MR) is 91.8 cm³/mol. The van der Waals surface area contributed by atoms with Crippen LogP contribution in [0.25, 0.3) is 0 Å². The largest absolute Gasteiger partial charge is 0.385 e. The van der Waals surface area contributed by atoms with Crippen molar-refractivity contribution in [3.63, 3.8) is 0 Å². The summed E-state index contributed by atoms with van der Waals surface area (Å²) in [6.45, 7) is 1.73. The fraction of sp³-hybridized carbons (Fsp3) is 0.316. The summed E-state index contributed by atoms with van der Waals surface area (Å²) in [6, 6.07) is 16.9. The third kappa shape index (κ3) is 3.63. The number of halogens is 1. The Hall–Kier alpha value is -1.68. The van der Waals surface area contributed by atoms with Gasteiger partial charge in [0.25, 0.3) is 0 Å². The Kier molecular flexibility index (Phi) is 4.81. The molecule has 0 spiro atoms. The molecule has 2 aromatic rings. The lowest BCUT2D eigenvalue weighted by Gasteiger charge is -2.38. The molecule has 1 heterocycles. The predicted octanol–water partition coefficient (Wildman–Crippen LogP) is 3.51. The maximum atomic E-state index is 12.4. The summed E-state index contributed by atoms with van der Waals surface area (Å²) in [7, 11) is 0. The average molecular weight is 330 g/mol. The summed E-state index contributed by atoms with van der Waals surface area (Å²) >= 11 is 6.08. The highest BCUT2D eigenvalue weighted by molar-refractivity contribution is 6.34. The molecule has 0 atom stereocenters. The number of aliphatic hydroxyl groups is 1. The zero-order valence-electron chi connectivity index (χ0n) is 12.9. The Balaban J connectivity index is 1.62. The number of carbonyl (C=O) groups excluding carboxylic acids is 1. The van der Waals surface area contributed by atoms with Crippen LogP contribution in [0, 0.1) is 0 Å². The Morgan fingerprint density at radius 2 is 1.65 bits per heavy atom. The quantitative estimate of drug-likeness (QED) is 0.873. The summed E-state index contributed by atoms with van der Waals surface area (Å²) in [5.41, 5.74) is 0.737. The molecule has 4 heteroatoms. The first kappa shape index (κ1) is 16.2. The minimum absolute atomic E-state index is 0.0285. The highest BCUT2D eigenvalue weighted by atomic mass is 35.5. The van der Waals surface area contributed by atoms with Crippen molar-refractivity contribution in [2.45, 2.75) is 18.4 Å². The maximum Gasteiger partial charge on any atom is 0.178 e. The number of hydrogen-bond donors (Lipinski definition) is 1. The molecule has 23 heavy (non-hydrogen) atoms. The highest BCUT2D eigenvalue weighted by Crippen LogP contribution is 2.32. The van der Waals surface area contributed by atoms with Crippen LogP contribution in [0.15, 0.2) is 54.6 Å². The van der Waals surface area contributed by atoms with Gasteiger partial charge in [-0.05, 0) is 30.5 Å². The summed E-state index contributed by atoms with van der Waals surface area (Å²) in [6.07, 6.45) is 1.26. The topological polar surface area (TPSA) is 40.5 Å². The molecule has 3 nitrogen and oxygen atoms in total. The van der Waals surface area contributed by atoms with Gasteiger partial charge in [0, 0.05) is 18.7 Å². The highest BCUT2D eigenvalue weighted by Gasteiger charge is 2.34. The zero-order valence-corrected chi connectivity index (χ0v) is 13.7. The van der Waals surface area contributed by atoms with Crippen LogP contribution in [0.5, 0.6) is 0 Å². The monoisotopic (exact) mass is 329 g/mol. The van der Waals surface area contributed by atoms with Gasteiger partial charge < -0.3 is 5.11 Å². The van der Waals surface area contributed by atoms with E-state index in [4.69, 9.17) is 11.6 Å². The molecule has 0 radical (unpaired) electrons. The second-order valence-electron chi connectivity index (χ2n) is 6.08. The zero-order chi connectivity index (χ0) is 16.3. The molecule has 120 valence electrons. The van der Waals surface area contributed by atoms with E-state index in [1.807, 2.05) is 42.5 Å². The van der Waals surface area contributed by atoms with E-state index in [1.54, 1.807) is 12.1 Å². The molecule has 1 aliphatic heterocycles. The Morgan fingerprint density at radius 3 is 2.30 bits per heavy atom. The van der Waals surface area contributed by atoms with Gasteiger partial charge in [-0.2, -0.15) is 0 Å². The lowest BCUT2D eigenvalue weighted by atomic mass is 9.84. The summed E-state index contributed by atoms with van der Waals surface area (Å²) < 4.78 is 0. The van der Waals surface area contributed by atoms with E-state index in [9.17, 15) is 9.90 Å². The van der Waals surface area contributed by atoms with Crippen LogP contribution in [0.4, 0.5) is 0 Å². The van der Waals surface area contributed by atoms with E-state index in [1.165, 1.54) is 0 Å². The number of carbonyl (C=O) groups is 1. The van der Waals surface area contributed by atoms with Crippen LogP contribution in [0.3, 0.4) is 0 Å². The van der Waals surface area contributed by atoms with Gasteiger partial charge in [-0.15, -0.1) is 0 Å². The van der Waals surface area contributed by atoms with Crippen LogP contribution in [-0.2, 0) is 5.60 Å². The number of rotatable bonds is 4. The lowest BCUT2D eigenvalue weighted by molar-refractivity contribution is -0.0245. The van der Waals surface area contributed by atoms with Crippen LogP contribution in [0.1, 0.15) is 28.8 Å². The first-order chi connectivity index (χ1) is 11.1. The maximum absolute atomic E-state index is 12.4. The van der Waals surface area contributed by atoms with Crippen molar-refractivity contribution >= 4 is 17.4 Å². The summed E-state index contributed by atoms with van der Waals surface area (Å²) in [5.74, 6) is 0.0285. The van der Waals surface area contributed by atoms with E-state index in [0.717, 1.165) is 5.56 Å². The molecule has 3 rings (SSSR count). The van der Waals surface area contributed by atoms with E-state index in [0.29, 0.717) is 43.1 Å². The van der Waals surface area contributed by atoms with Gasteiger partial charge in [0.1, 0.15) is 0 Å². The third-order valence-corrected chi connectivity index (χ3v) is 4.87. The molecule has 0 saturated carbocycles. The van der Waals surface area contributed by atoms with E-state index in [-0.39, 0.29) is 5.78 Å². The second-order valence-corrected chi connectivity index (χ2v) is 6.48. The Bertz CT molecular complexity index is 679. The van der Waals surface area contributed by atoms with Crippen molar-refractivity contribution in [1.29, 1.82) is 0 Å². The van der Waals surface area contributed by atoms with Crippen LogP contribution < -0.4 is 0 Å². The molecule has 1 aliphatic rings. The molecule has 1 N–H and O–H groups in total. The van der Waals surface area contributed by atoms with Gasteiger partial charge in [0.2, 0.25) is 0 Å². The number of nitrogens with zero attached hydrogens (tertiary/aromatic N) is 1. The third-order valence-electron chi connectivity index (χ3n) is 4.54. The summed E-state index contributed by atoms with van der Waals surface area (Å²) in [4.78, 5) is 14.5. The van der Waals surface area contributed by atoms with Crippen LogP contribution >= 0.6 is 11.6 Å². The Labute approximate surface area is 141 Å². The molecule has 0 bridgehead atoms. The summed E-state index contributed by atoms with van der Waals surface area (Å²) in [5, 5.41) is 11.3. The molecule has 0 aromatic heterocycles. The van der Waals surface area contributed by atoms with Gasteiger partial charge in [-0.25, -0.2) is 0 Å². The fourth-order valence-corrected chi connectivity index (χ4v) is 3.33. The minimum atomic E-state index is -0.787. The number of likely N-dealkylation sites (tertiary alicyclic amines) is 1. The molecular formula is C19H20ClNO2. The minimum Gasteiger partial charge on any atom is -0.385 e.